The van der Waals surface area contributed by atoms with Crippen molar-refractivity contribution in [3.63, 3.8) is 0 Å². The van der Waals surface area contributed by atoms with Crippen molar-refractivity contribution in [2.45, 2.75) is 329 Å². The molecule has 0 aliphatic rings. The molecule has 5 unspecified atom stereocenters. The number of aliphatic hydroxyl groups excluding tert-OH is 1. The predicted molar refractivity (Wildman–Crippen MR) is 418 cm³/mol. The lowest BCUT2D eigenvalue weighted by Gasteiger charge is -2.21. The third-order valence-electron chi connectivity index (χ3n) is 16.1. The maximum Gasteiger partial charge on any atom is 0.472 e. The third-order valence-corrected chi connectivity index (χ3v) is 18.0. The van der Waals surface area contributed by atoms with Crippen LogP contribution in [-0.2, 0) is 65.4 Å². The second-order valence-corrected chi connectivity index (χ2v) is 28.8. The Morgan fingerprint density at radius 3 is 0.863 bits per heavy atom. The number of ether oxygens (including phenoxy) is 4. The van der Waals surface area contributed by atoms with Gasteiger partial charge in [0.2, 0.25) is 0 Å². The molecule has 3 N–H and O–H groups in total. The fourth-order valence-electron chi connectivity index (χ4n) is 10.2. The molecule has 0 aliphatic carbocycles. The standard InChI is InChI=1S/C83H140O17P2/c1-5-9-13-17-21-25-29-33-37-38-42-44-48-52-56-60-64-68-81(86)94-74-79(100-83(88)70-66-62-58-54-50-46-41-36-32-28-24-20-16-12-8-4)76-98-102(91,92)96-72-77(84)71-95-101(89,90)97-75-78(99-82(87)69-65-61-57-53-49-45-40-35-31-27-23-19-15-11-7-3)73-93-80(85)67-63-59-55-51-47-43-39-34-30-26-22-18-14-10-6-2/h9,12-13,16,21-22,24-26,28,33-34,36-37,39,41-42,44,50,52,54,56,77-79,84H,5-8,10-11,14-15,17-20,23,27,29-32,35,38,40,43,45-49,51,53,55,57-76H2,1-4H3,(H,89,90)(H,91,92)/b13-9-,16-12-,25-21-,26-22-,28-24-,37-33-,39-34-,41-36-,44-42-,54-50-,56-52-. The lowest BCUT2D eigenvalue weighted by molar-refractivity contribution is -0.161. The van der Waals surface area contributed by atoms with Crippen molar-refractivity contribution in [1.29, 1.82) is 0 Å². The second kappa shape index (κ2) is 74.5. The van der Waals surface area contributed by atoms with Gasteiger partial charge in [-0.3, -0.25) is 37.3 Å². The number of hydrogen-bond acceptors (Lipinski definition) is 15. The van der Waals surface area contributed by atoms with Crippen molar-refractivity contribution in [3.05, 3.63) is 134 Å². The van der Waals surface area contributed by atoms with Gasteiger partial charge in [-0.1, -0.05) is 283 Å². The van der Waals surface area contributed by atoms with E-state index < -0.39 is 97.5 Å². The van der Waals surface area contributed by atoms with Gasteiger partial charge in [0.15, 0.2) is 12.2 Å². The molecule has 17 nitrogen and oxygen atoms in total. The Hall–Kier alpha value is -4.80. The van der Waals surface area contributed by atoms with Gasteiger partial charge in [0.1, 0.15) is 19.3 Å². The molecular formula is C83H140O17P2. The summed E-state index contributed by atoms with van der Waals surface area (Å²) in [5.74, 6) is -2.30. The number of phosphoric acid groups is 2. The Labute approximate surface area is 618 Å². The van der Waals surface area contributed by atoms with Crippen LogP contribution in [0.4, 0.5) is 0 Å². The molecule has 0 aromatic heterocycles. The number of allylic oxidation sites excluding steroid dienone is 22. The number of carbonyl (C=O) groups is 4. The van der Waals surface area contributed by atoms with Gasteiger partial charge in [-0.2, -0.15) is 0 Å². The summed E-state index contributed by atoms with van der Waals surface area (Å²) in [4.78, 5) is 72.9. The normalized spacial score (nSPS) is 14.6. The zero-order valence-electron chi connectivity index (χ0n) is 63.7. The second-order valence-electron chi connectivity index (χ2n) is 25.9. The number of hydrogen-bond donors (Lipinski definition) is 3. The molecule has 0 aliphatic heterocycles. The van der Waals surface area contributed by atoms with E-state index in [1.165, 1.54) is 83.5 Å². The molecule has 0 radical (unpaired) electrons. The van der Waals surface area contributed by atoms with E-state index in [4.69, 9.17) is 37.0 Å². The molecule has 0 spiro atoms. The molecule has 0 rings (SSSR count). The van der Waals surface area contributed by atoms with E-state index in [-0.39, 0.29) is 25.7 Å². The minimum absolute atomic E-state index is 0.0269. The van der Waals surface area contributed by atoms with Crippen LogP contribution in [0.2, 0.25) is 0 Å². The summed E-state index contributed by atoms with van der Waals surface area (Å²) in [6.07, 6.45) is 83.0. The highest BCUT2D eigenvalue weighted by atomic mass is 31.2. The predicted octanol–water partition coefficient (Wildman–Crippen LogP) is 22.9. The van der Waals surface area contributed by atoms with E-state index in [0.29, 0.717) is 38.5 Å². The zero-order valence-corrected chi connectivity index (χ0v) is 65.5. The topological polar surface area (TPSA) is 237 Å². The van der Waals surface area contributed by atoms with Gasteiger partial charge in [-0.25, -0.2) is 9.13 Å². The highest BCUT2D eigenvalue weighted by Gasteiger charge is 2.30. The highest BCUT2D eigenvalue weighted by Crippen LogP contribution is 2.45. The van der Waals surface area contributed by atoms with Crippen LogP contribution in [0.15, 0.2) is 134 Å². The van der Waals surface area contributed by atoms with Crippen molar-refractivity contribution in [1.82, 2.24) is 0 Å². The minimum atomic E-state index is -5.00. The first-order valence-corrected chi connectivity index (χ1v) is 42.4. The Bertz CT molecular complexity index is 2460. The SMILES string of the molecule is CC/C=C\C/C=C\C/C=C\C/C=C\C/C=C\CCCC(=O)OCC(COP(=O)(O)OCC(O)COP(=O)(O)OCC(COC(=O)CCCCCCC/C=C\C/C=C\CCCCC)OC(=O)CCCCCCCCCCCCCCCCC)OC(=O)CCCC/C=C\C/C=C\C/C=C\C/C=C\CC. The minimum Gasteiger partial charge on any atom is -0.462 e. The average molecular weight is 1470 g/mol. The number of aliphatic hydroxyl groups is 1. The molecule has 0 heterocycles. The van der Waals surface area contributed by atoms with Gasteiger partial charge >= 0.3 is 39.5 Å². The summed E-state index contributed by atoms with van der Waals surface area (Å²) in [6, 6.07) is 0. The number of carbonyl (C=O) groups excluding carboxylic acids is 4. The number of rotatable bonds is 73. The Morgan fingerprint density at radius 1 is 0.284 bits per heavy atom. The first kappa shape index (κ1) is 97.2. The monoisotopic (exact) mass is 1470 g/mol. The number of esters is 4. The zero-order chi connectivity index (χ0) is 74.6. The summed E-state index contributed by atoms with van der Waals surface area (Å²) < 4.78 is 68.5. The van der Waals surface area contributed by atoms with Gasteiger partial charge in [0.05, 0.1) is 26.4 Å². The van der Waals surface area contributed by atoms with Crippen LogP contribution in [-0.4, -0.2) is 96.7 Å². The van der Waals surface area contributed by atoms with Crippen LogP contribution in [0.1, 0.15) is 310 Å². The lowest BCUT2D eigenvalue weighted by atomic mass is 10.0. The third kappa shape index (κ3) is 73.5. The van der Waals surface area contributed by atoms with Gasteiger partial charge in [0, 0.05) is 25.7 Å². The van der Waals surface area contributed by atoms with Crippen molar-refractivity contribution >= 4 is 39.5 Å². The molecule has 0 aromatic rings. The summed E-state index contributed by atoms with van der Waals surface area (Å²) in [7, 11) is -9.99. The molecule has 0 amide bonds. The van der Waals surface area contributed by atoms with E-state index in [0.717, 1.165) is 135 Å². The van der Waals surface area contributed by atoms with Gasteiger partial charge in [-0.15, -0.1) is 0 Å². The molecule has 584 valence electrons. The molecule has 102 heavy (non-hydrogen) atoms. The van der Waals surface area contributed by atoms with Crippen molar-refractivity contribution in [2.24, 2.45) is 0 Å². The molecule has 0 saturated carbocycles. The molecular weight excluding hydrogens is 1330 g/mol. The van der Waals surface area contributed by atoms with Crippen LogP contribution in [0, 0.1) is 0 Å². The summed E-state index contributed by atoms with van der Waals surface area (Å²) in [5.41, 5.74) is 0. The Balaban J connectivity index is 5.45. The van der Waals surface area contributed by atoms with Crippen LogP contribution in [0.5, 0.6) is 0 Å². The van der Waals surface area contributed by atoms with Gasteiger partial charge in [0.25, 0.3) is 0 Å². The molecule has 19 heteroatoms. The Kier molecular flexibility index (Phi) is 71.0. The van der Waals surface area contributed by atoms with Crippen molar-refractivity contribution < 1.29 is 80.2 Å². The summed E-state index contributed by atoms with van der Waals surface area (Å²) in [5, 5.41) is 10.6. The van der Waals surface area contributed by atoms with E-state index in [1.54, 1.807) is 0 Å². The maximum absolute atomic E-state index is 13.1. The highest BCUT2D eigenvalue weighted by molar-refractivity contribution is 7.47. The van der Waals surface area contributed by atoms with Crippen LogP contribution < -0.4 is 0 Å². The molecule has 0 saturated heterocycles. The fraction of sp³-hybridized carbons (Fsp3) is 0.687. The smallest absolute Gasteiger partial charge is 0.462 e. The van der Waals surface area contributed by atoms with Crippen LogP contribution in [0.3, 0.4) is 0 Å². The van der Waals surface area contributed by atoms with E-state index in [9.17, 15) is 43.2 Å². The first-order valence-electron chi connectivity index (χ1n) is 39.4. The molecule has 5 atom stereocenters. The fourth-order valence-corrected chi connectivity index (χ4v) is 11.7. The maximum atomic E-state index is 13.1. The van der Waals surface area contributed by atoms with E-state index >= 15 is 0 Å². The van der Waals surface area contributed by atoms with Crippen molar-refractivity contribution in [3.8, 4) is 0 Å². The van der Waals surface area contributed by atoms with Crippen LogP contribution >= 0.6 is 15.6 Å². The lowest BCUT2D eigenvalue weighted by Crippen LogP contribution is -2.30. The molecule has 0 bridgehead atoms. The first-order chi connectivity index (χ1) is 49.7. The summed E-state index contributed by atoms with van der Waals surface area (Å²) >= 11 is 0. The number of unbranched alkanes of at least 4 members (excludes halogenated alkanes) is 25. The van der Waals surface area contributed by atoms with Gasteiger partial charge in [-0.05, 0) is 135 Å². The van der Waals surface area contributed by atoms with Crippen LogP contribution in [0.25, 0.3) is 0 Å². The Morgan fingerprint density at radius 2 is 0.520 bits per heavy atom. The molecule has 0 fully saturated rings. The van der Waals surface area contributed by atoms with E-state index in [2.05, 4.69) is 149 Å². The number of phosphoric ester groups is 2. The van der Waals surface area contributed by atoms with Gasteiger partial charge < -0.3 is 33.8 Å². The average Bonchev–Trinajstić information content (AvgIpc) is 0.923. The van der Waals surface area contributed by atoms with Crippen molar-refractivity contribution in [2.75, 3.05) is 39.6 Å². The van der Waals surface area contributed by atoms with E-state index in [1.807, 2.05) is 12.2 Å². The quantitative estimate of drug-likeness (QED) is 0.0169. The molecule has 0 aromatic carbocycles. The largest absolute Gasteiger partial charge is 0.472 e. The summed E-state index contributed by atoms with van der Waals surface area (Å²) in [6.45, 7) is 4.51.